The predicted octanol–water partition coefficient (Wildman–Crippen LogP) is 8.47. The lowest BCUT2D eigenvalue weighted by atomic mass is 9.88. The fourth-order valence-corrected chi connectivity index (χ4v) is 7.30. The summed E-state index contributed by atoms with van der Waals surface area (Å²) in [6.45, 7) is 3.81. The van der Waals surface area contributed by atoms with Crippen LogP contribution in [0.15, 0.2) is 91.4 Å². The number of carbonyl (C=O) groups is 1. The number of benzene rings is 3. The van der Waals surface area contributed by atoms with E-state index in [1.165, 1.54) is 12.8 Å². The number of hydrogen-bond donors (Lipinski definition) is 2. The quantitative estimate of drug-likeness (QED) is 0.151. The van der Waals surface area contributed by atoms with Gasteiger partial charge in [-0.15, -0.1) is 0 Å². The average molecular weight is 664 g/mol. The van der Waals surface area contributed by atoms with E-state index < -0.39 is 0 Å². The molecular weight excluding hydrogens is 631 g/mol. The molecule has 8 nitrogen and oxygen atoms in total. The van der Waals surface area contributed by atoms with Gasteiger partial charge in [0.05, 0.1) is 30.4 Å². The number of imidazole rings is 1. The number of ether oxygens (including phenoxy) is 1. The van der Waals surface area contributed by atoms with Crippen molar-refractivity contribution in [3.8, 4) is 28.4 Å². The molecule has 1 amide bonds. The molecule has 0 aliphatic carbocycles. The monoisotopic (exact) mass is 662 g/mol. The number of fused-ring (bicyclic) bond motifs is 2. The molecule has 0 spiro atoms. The first-order valence-electron chi connectivity index (χ1n) is 15.9. The third-order valence-electron chi connectivity index (χ3n) is 9.03. The molecule has 3 aromatic carbocycles. The highest BCUT2D eigenvalue weighted by Gasteiger charge is 2.36. The van der Waals surface area contributed by atoms with Crippen LogP contribution in [0.4, 0.5) is 5.69 Å². The maximum absolute atomic E-state index is 14.3. The van der Waals surface area contributed by atoms with Gasteiger partial charge < -0.3 is 24.5 Å². The van der Waals surface area contributed by atoms with Gasteiger partial charge in [-0.05, 0) is 79.9 Å². The summed E-state index contributed by atoms with van der Waals surface area (Å²) in [6.07, 6.45) is 6.93. The first kappa shape index (κ1) is 29.8. The minimum absolute atomic E-state index is 0.244. The number of rotatable bonds is 9. The third kappa shape index (κ3) is 5.56. The summed E-state index contributed by atoms with van der Waals surface area (Å²) >= 11 is 13.0. The molecule has 47 heavy (non-hydrogen) atoms. The van der Waals surface area contributed by atoms with Crippen LogP contribution in [0.3, 0.4) is 0 Å². The van der Waals surface area contributed by atoms with Crippen LogP contribution in [0, 0.1) is 0 Å². The van der Waals surface area contributed by atoms with E-state index in [9.17, 15) is 4.79 Å². The summed E-state index contributed by atoms with van der Waals surface area (Å²) in [7, 11) is 0. The molecule has 1 saturated heterocycles. The van der Waals surface area contributed by atoms with E-state index in [1.807, 2.05) is 79.1 Å². The van der Waals surface area contributed by atoms with E-state index in [4.69, 9.17) is 32.9 Å². The summed E-state index contributed by atoms with van der Waals surface area (Å²) in [5.41, 5.74) is 7.01. The Labute approximate surface area is 282 Å². The van der Waals surface area contributed by atoms with Crippen molar-refractivity contribution < 1.29 is 9.53 Å². The van der Waals surface area contributed by atoms with Crippen molar-refractivity contribution in [1.82, 2.24) is 24.4 Å². The highest BCUT2D eigenvalue weighted by atomic mass is 35.5. The Morgan fingerprint density at radius 3 is 2.57 bits per heavy atom. The lowest BCUT2D eigenvalue weighted by Crippen LogP contribution is -2.22. The van der Waals surface area contributed by atoms with Gasteiger partial charge in [0.15, 0.2) is 0 Å². The van der Waals surface area contributed by atoms with Crippen molar-refractivity contribution in [2.75, 3.05) is 31.6 Å². The number of aromatic amines is 1. The first-order chi connectivity index (χ1) is 23.0. The Balaban J connectivity index is 1.21. The molecule has 0 bridgehead atoms. The van der Waals surface area contributed by atoms with Gasteiger partial charge in [0.1, 0.15) is 11.4 Å². The lowest BCUT2D eigenvalue weighted by Gasteiger charge is -2.28. The normalized spacial score (nSPS) is 15.6. The molecule has 1 fully saturated rings. The molecule has 10 heteroatoms. The van der Waals surface area contributed by atoms with Gasteiger partial charge in [-0.1, -0.05) is 65.7 Å². The molecule has 5 heterocycles. The van der Waals surface area contributed by atoms with Crippen LogP contribution in [-0.2, 0) is 0 Å². The number of likely N-dealkylation sites (tertiary alicyclic amines) is 1. The van der Waals surface area contributed by atoms with Crippen LogP contribution >= 0.6 is 23.2 Å². The second-order valence-corrected chi connectivity index (χ2v) is 12.9. The maximum Gasteiger partial charge on any atom is 0.272 e. The van der Waals surface area contributed by atoms with Gasteiger partial charge in [-0.2, -0.15) is 0 Å². The average Bonchev–Trinajstić information content (AvgIpc) is 3.85. The fraction of sp³-hybridized carbons (Fsp3) is 0.216. The second-order valence-electron chi connectivity index (χ2n) is 12.0. The van der Waals surface area contributed by atoms with Crippen LogP contribution in [0.5, 0.6) is 5.88 Å². The number of halogens is 2. The molecular formula is C37H32Cl2N6O2. The molecule has 6 aromatic rings. The topological polar surface area (TPSA) is 88.1 Å². The molecule has 8 rings (SSSR count). The third-order valence-corrected chi connectivity index (χ3v) is 9.50. The highest BCUT2D eigenvalue weighted by Crippen LogP contribution is 2.49. The fourth-order valence-electron chi connectivity index (χ4n) is 6.95. The van der Waals surface area contributed by atoms with E-state index in [2.05, 4.69) is 24.8 Å². The summed E-state index contributed by atoms with van der Waals surface area (Å²) in [4.78, 5) is 29.6. The van der Waals surface area contributed by atoms with Gasteiger partial charge in [0.2, 0.25) is 5.88 Å². The SMILES string of the molecule is O=C(Nc1cccnc1OCCCN1CCCC1)c1[nH]c2cc(Cl)cc3c2c1-c1c(-c2ccccc2)ncn1[C@@H]3c1ccc(Cl)cc1. The number of H-pyrrole nitrogens is 1. The minimum Gasteiger partial charge on any atom is -0.476 e. The number of nitrogens with one attached hydrogen (secondary N) is 2. The van der Waals surface area contributed by atoms with E-state index >= 15 is 0 Å². The van der Waals surface area contributed by atoms with Gasteiger partial charge >= 0.3 is 0 Å². The molecule has 2 N–H and O–H groups in total. The Hall–Kier alpha value is -4.63. The molecule has 2 aliphatic heterocycles. The number of aromatic nitrogens is 4. The molecule has 0 unspecified atom stereocenters. The van der Waals surface area contributed by atoms with E-state index in [0.717, 1.165) is 70.6 Å². The highest BCUT2D eigenvalue weighted by molar-refractivity contribution is 6.32. The second kappa shape index (κ2) is 12.5. The number of nitrogens with zero attached hydrogens (tertiary/aromatic N) is 4. The van der Waals surface area contributed by atoms with Crippen molar-refractivity contribution in [3.05, 3.63) is 118 Å². The summed E-state index contributed by atoms with van der Waals surface area (Å²) in [6, 6.07) is 25.0. The zero-order valence-electron chi connectivity index (χ0n) is 25.5. The predicted molar refractivity (Wildman–Crippen MR) is 187 cm³/mol. The number of pyridine rings is 1. The van der Waals surface area contributed by atoms with Crippen LogP contribution in [0.25, 0.3) is 33.4 Å². The molecule has 0 radical (unpaired) electrons. The standard InChI is InChI=1S/C37H32Cl2N6O2/c38-25-13-11-24(12-14-25)34-27-20-26(39)21-29-30(27)31(35-32(41-22-45(34)35)23-8-2-1-3-9-23)33(42-29)36(46)43-28-10-6-15-40-37(28)47-19-7-18-44-16-4-5-17-44/h1-3,6,8-15,20-22,34,42H,4-5,7,16-19H2,(H,43,46)/t34-/m1/s1. The Morgan fingerprint density at radius 2 is 1.77 bits per heavy atom. The largest absolute Gasteiger partial charge is 0.476 e. The van der Waals surface area contributed by atoms with Crippen LogP contribution in [-0.4, -0.2) is 56.6 Å². The van der Waals surface area contributed by atoms with E-state index in [1.54, 1.807) is 12.3 Å². The summed E-state index contributed by atoms with van der Waals surface area (Å²) in [5, 5.41) is 5.23. The molecule has 0 saturated carbocycles. The number of carbonyl (C=O) groups excluding carboxylic acids is 1. The molecule has 236 valence electrons. The van der Waals surface area contributed by atoms with Crippen LogP contribution in [0.2, 0.25) is 10.0 Å². The van der Waals surface area contributed by atoms with Crippen molar-refractivity contribution in [2.24, 2.45) is 0 Å². The van der Waals surface area contributed by atoms with Crippen LogP contribution in [0.1, 0.15) is 46.9 Å². The molecule has 2 aliphatic rings. The van der Waals surface area contributed by atoms with Crippen molar-refractivity contribution >= 4 is 45.7 Å². The van der Waals surface area contributed by atoms with Gasteiger partial charge in [-0.3, -0.25) is 4.79 Å². The van der Waals surface area contributed by atoms with Crippen molar-refractivity contribution in [3.63, 3.8) is 0 Å². The Kier molecular flexibility index (Phi) is 7.93. The minimum atomic E-state index is -0.315. The van der Waals surface area contributed by atoms with Crippen molar-refractivity contribution in [1.29, 1.82) is 0 Å². The van der Waals surface area contributed by atoms with Crippen LogP contribution < -0.4 is 10.1 Å². The zero-order valence-corrected chi connectivity index (χ0v) is 27.1. The Morgan fingerprint density at radius 1 is 0.957 bits per heavy atom. The lowest BCUT2D eigenvalue weighted by molar-refractivity contribution is 0.102. The summed E-state index contributed by atoms with van der Waals surface area (Å²) in [5.74, 6) is 0.0819. The first-order valence-corrected chi connectivity index (χ1v) is 16.7. The van der Waals surface area contributed by atoms with Gasteiger partial charge in [0.25, 0.3) is 5.91 Å². The van der Waals surface area contributed by atoms with Gasteiger partial charge in [-0.25, -0.2) is 9.97 Å². The molecule has 3 aromatic heterocycles. The van der Waals surface area contributed by atoms with Gasteiger partial charge in [0, 0.05) is 44.8 Å². The summed E-state index contributed by atoms with van der Waals surface area (Å²) < 4.78 is 8.21. The smallest absolute Gasteiger partial charge is 0.272 e. The maximum atomic E-state index is 14.3. The van der Waals surface area contributed by atoms with E-state index in [0.29, 0.717) is 33.9 Å². The Bertz CT molecular complexity index is 2080. The zero-order chi connectivity index (χ0) is 31.9. The molecule has 1 atom stereocenters. The number of amides is 1. The number of anilines is 1. The van der Waals surface area contributed by atoms with Crippen molar-refractivity contribution in [2.45, 2.75) is 25.3 Å². The number of hydrogen-bond acceptors (Lipinski definition) is 5. The van der Waals surface area contributed by atoms with E-state index in [-0.39, 0.29) is 11.9 Å².